The van der Waals surface area contributed by atoms with Gasteiger partial charge in [-0.05, 0) is 36.8 Å². The minimum absolute atomic E-state index is 0.408. The van der Waals surface area contributed by atoms with Crippen LogP contribution < -0.4 is 0 Å². The van der Waals surface area contributed by atoms with Crippen molar-refractivity contribution in [1.29, 1.82) is 0 Å². The lowest BCUT2D eigenvalue weighted by molar-refractivity contribution is -0.118. The van der Waals surface area contributed by atoms with Crippen LogP contribution in [0.1, 0.15) is 38.5 Å². The van der Waals surface area contributed by atoms with E-state index in [0.29, 0.717) is 19.0 Å². The third-order valence-corrected chi connectivity index (χ3v) is 3.90. The van der Waals surface area contributed by atoms with Gasteiger partial charge >= 0.3 is 0 Å². The zero-order chi connectivity index (χ0) is 13.0. The summed E-state index contributed by atoms with van der Waals surface area (Å²) >= 11 is 0. The Balaban J connectivity index is 2.14. The molecule has 0 fully saturated rings. The number of hydrogen-bond acceptors (Lipinski definition) is 3. The monoisotopic (exact) mass is 250 g/mol. The standard InChI is InChI=1S/C15H22O3/c1-17-9-13-7-11-3-5-15(16)6-4-12(11)8-14(13)10-18-2/h3-10H2,1-2H3. The molecule has 0 aliphatic heterocycles. The van der Waals surface area contributed by atoms with E-state index in [1.54, 1.807) is 14.2 Å². The first-order valence-electron chi connectivity index (χ1n) is 6.63. The van der Waals surface area contributed by atoms with Gasteiger partial charge in [-0.25, -0.2) is 0 Å². The largest absolute Gasteiger partial charge is 0.380 e. The molecule has 0 atom stereocenters. The van der Waals surface area contributed by atoms with Crippen molar-refractivity contribution < 1.29 is 14.3 Å². The van der Waals surface area contributed by atoms with Crippen molar-refractivity contribution in [2.24, 2.45) is 0 Å². The van der Waals surface area contributed by atoms with E-state index in [9.17, 15) is 4.79 Å². The summed E-state index contributed by atoms with van der Waals surface area (Å²) in [4.78, 5) is 11.6. The maximum Gasteiger partial charge on any atom is 0.133 e. The van der Waals surface area contributed by atoms with Crippen molar-refractivity contribution in [2.45, 2.75) is 38.5 Å². The summed E-state index contributed by atoms with van der Waals surface area (Å²) < 4.78 is 10.6. The van der Waals surface area contributed by atoms with E-state index in [2.05, 4.69) is 0 Å². The summed E-state index contributed by atoms with van der Waals surface area (Å²) in [6.07, 6.45) is 5.30. The van der Waals surface area contributed by atoms with Gasteiger partial charge in [-0.15, -0.1) is 0 Å². The average molecular weight is 250 g/mol. The molecule has 3 heteroatoms. The topological polar surface area (TPSA) is 35.5 Å². The fourth-order valence-electron chi connectivity index (χ4n) is 2.91. The Kier molecular flexibility index (Phi) is 4.72. The molecule has 0 unspecified atom stereocenters. The minimum Gasteiger partial charge on any atom is -0.380 e. The lowest BCUT2D eigenvalue weighted by atomic mass is 9.84. The highest BCUT2D eigenvalue weighted by Crippen LogP contribution is 2.36. The molecule has 2 aliphatic carbocycles. The van der Waals surface area contributed by atoms with Gasteiger partial charge in [0.2, 0.25) is 0 Å². The molecule has 0 aromatic carbocycles. The van der Waals surface area contributed by atoms with Gasteiger partial charge in [0.1, 0.15) is 5.78 Å². The highest BCUT2D eigenvalue weighted by molar-refractivity contribution is 5.79. The van der Waals surface area contributed by atoms with Crippen LogP contribution in [0.25, 0.3) is 0 Å². The molecule has 0 saturated heterocycles. The summed E-state index contributed by atoms with van der Waals surface area (Å²) in [5.74, 6) is 0.408. The van der Waals surface area contributed by atoms with Gasteiger partial charge in [0, 0.05) is 27.1 Å². The van der Waals surface area contributed by atoms with E-state index >= 15 is 0 Å². The molecule has 100 valence electrons. The van der Waals surface area contributed by atoms with Crippen LogP contribution >= 0.6 is 0 Å². The lowest BCUT2D eigenvalue weighted by Crippen LogP contribution is -2.12. The molecular formula is C15H22O3. The van der Waals surface area contributed by atoms with Crippen LogP contribution in [0.5, 0.6) is 0 Å². The highest BCUT2D eigenvalue weighted by Gasteiger charge is 2.23. The molecule has 0 aromatic heterocycles. The molecule has 18 heavy (non-hydrogen) atoms. The Bertz CT molecular complexity index is 347. The number of allylic oxidation sites excluding steroid dienone is 2. The molecule has 0 bridgehead atoms. The predicted octanol–water partition coefficient (Wildman–Crippen LogP) is 2.81. The van der Waals surface area contributed by atoms with Gasteiger partial charge in [-0.3, -0.25) is 4.79 Å². The van der Waals surface area contributed by atoms with Crippen LogP contribution in [0.15, 0.2) is 22.3 Å². The molecule has 0 N–H and O–H groups in total. The lowest BCUT2D eigenvalue weighted by Gasteiger charge is -2.24. The Labute approximate surface area is 109 Å². The number of carbonyl (C=O) groups is 1. The van der Waals surface area contributed by atoms with Crippen LogP contribution in [-0.4, -0.2) is 33.2 Å². The Hall–Kier alpha value is -0.930. The molecule has 2 rings (SSSR count). The molecule has 0 amide bonds. The molecule has 0 spiro atoms. The second-order valence-corrected chi connectivity index (χ2v) is 5.17. The van der Waals surface area contributed by atoms with Crippen LogP contribution in [0.2, 0.25) is 0 Å². The average Bonchev–Trinajstić information content (AvgIpc) is 2.53. The molecular weight excluding hydrogens is 228 g/mol. The minimum atomic E-state index is 0.408. The summed E-state index contributed by atoms with van der Waals surface area (Å²) in [7, 11) is 3.47. The van der Waals surface area contributed by atoms with Crippen molar-refractivity contribution in [3.05, 3.63) is 22.3 Å². The van der Waals surface area contributed by atoms with E-state index < -0.39 is 0 Å². The fraction of sp³-hybridized carbons (Fsp3) is 0.667. The third-order valence-electron chi connectivity index (χ3n) is 3.90. The maximum absolute atomic E-state index is 11.6. The van der Waals surface area contributed by atoms with Gasteiger partial charge in [0.15, 0.2) is 0 Å². The highest BCUT2D eigenvalue weighted by atomic mass is 16.5. The summed E-state index contributed by atoms with van der Waals surface area (Å²) in [6, 6.07) is 0. The van der Waals surface area contributed by atoms with Crippen LogP contribution in [0.3, 0.4) is 0 Å². The van der Waals surface area contributed by atoms with E-state index in [1.165, 1.54) is 22.3 Å². The molecule has 3 nitrogen and oxygen atoms in total. The van der Waals surface area contributed by atoms with Gasteiger partial charge in [-0.1, -0.05) is 11.1 Å². The number of rotatable bonds is 4. The van der Waals surface area contributed by atoms with E-state index in [-0.39, 0.29) is 0 Å². The number of carbonyl (C=O) groups excluding carboxylic acids is 1. The first-order valence-corrected chi connectivity index (χ1v) is 6.63. The van der Waals surface area contributed by atoms with E-state index in [0.717, 1.165) is 38.5 Å². The zero-order valence-electron chi connectivity index (χ0n) is 11.4. The first kappa shape index (κ1) is 13.5. The number of hydrogen-bond donors (Lipinski definition) is 0. The maximum atomic E-state index is 11.6. The van der Waals surface area contributed by atoms with Crippen molar-refractivity contribution in [3.63, 3.8) is 0 Å². The van der Waals surface area contributed by atoms with Crippen molar-refractivity contribution in [3.8, 4) is 0 Å². The smallest absolute Gasteiger partial charge is 0.133 e. The Morgan fingerprint density at radius 2 is 1.28 bits per heavy atom. The Morgan fingerprint density at radius 1 is 0.833 bits per heavy atom. The number of Topliss-reactive ketones (excluding diaryl/α,β-unsaturated/α-hetero) is 1. The van der Waals surface area contributed by atoms with E-state index in [4.69, 9.17) is 9.47 Å². The Morgan fingerprint density at radius 3 is 1.67 bits per heavy atom. The number of ketones is 1. The second-order valence-electron chi connectivity index (χ2n) is 5.17. The molecule has 0 heterocycles. The van der Waals surface area contributed by atoms with Gasteiger partial charge < -0.3 is 9.47 Å². The molecule has 2 aliphatic rings. The second kappa shape index (κ2) is 6.30. The molecule has 0 saturated carbocycles. The van der Waals surface area contributed by atoms with E-state index in [1.807, 2.05) is 0 Å². The van der Waals surface area contributed by atoms with Crippen LogP contribution in [0.4, 0.5) is 0 Å². The van der Waals surface area contributed by atoms with Gasteiger partial charge in [-0.2, -0.15) is 0 Å². The quantitative estimate of drug-likeness (QED) is 0.720. The van der Waals surface area contributed by atoms with Gasteiger partial charge in [0.05, 0.1) is 13.2 Å². The van der Waals surface area contributed by atoms with Crippen LogP contribution in [0, 0.1) is 0 Å². The molecule has 0 aromatic rings. The van der Waals surface area contributed by atoms with Gasteiger partial charge in [0.25, 0.3) is 0 Å². The summed E-state index contributed by atoms with van der Waals surface area (Å²) in [6.45, 7) is 1.37. The fourth-order valence-corrected chi connectivity index (χ4v) is 2.91. The van der Waals surface area contributed by atoms with Crippen molar-refractivity contribution >= 4 is 5.78 Å². The first-order chi connectivity index (χ1) is 8.74. The normalized spacial score (nSPS) is 21.1. The molecule has 0 radical (unpaired) electrons. The van der Waals surface area contributed by atoms with Crippen molar-refractivity contribution in [1.82, 2.24) is 0 Å². The summed E-state index contributed by atoms with van der Waals surface area (Å²) in [5, 5.41) is 0. The summed E-state index contributed by atoms with van der Waals surface area (Å²) in [5.41, 5.74) is 5.67. The SMILES string of the molecule is COCC1=C(COC)CC2=C(CCC(=O)CC2)C1. The predicted molar refractivity (Wildman–Crippen MR) is 70.5 cm³/mol. The third kappa shape index (κ3) is 3.09. The number of methoxy groups -OCH3 is 2. The van der Waals surface area contributed by atoms with Crippen LogP contribution in [-0.2, 0) is 14.3 Å². The number of ether oxygens (including phenoxy) is 2. The zero-order valence-corrected chi connectivity index (χ0v) is 11.4. The van der Waals surface area contributed by atoms with Crippen molar-refractivity contribution in [2.75, 3.05) is 27.4 Å².